The Labute approximate surface area is 130 Å². The zero-order valence-electron chi connectivity index (χ0n) is 11.5. The summed E-state index contributed by atoms with van der Waals surface area (Å²) in [4.78, 5) is 13.4. The maximum absolute atomic E-state index is 5.68. The molecule has 21 heavy (non-hydrogen) atoms. The molecule has 3 rings (SSSR count). The highest BCUT2D eigenvalue weighted by Crippen LogP contribution is 2.25. The van der Waals surface area contributed by atoms with Gasteiger partial charge in [-0.05, 0) is 34.6 Å². The second-order valence-corrected chi connectivity index (χ2v) is 5.27. The molecule has 2 N–H and O–H groups in total. The first kappa shape index (κ1) is 14.0. The molecule has 0 atom stereocenters. The van der Waals surface area contributed by atoms with Gasteiger partial charge in [-0.2, -0.15) is 4.98 Å². The fourth-order valence-electron chi connectivity index (χ4n) is 2.19. The molecule has 0 bridgehead atoms. The van der Waals surface area contributed by atoms with Gasteiger partial charge in [-0.1, -0.05) is 12.1 Å². The molecule has 108 valence electrons. The maximum Gasteiger partial charge on any atom is 0.238 e. The summed E-state index contributed by atoms with van der Waals surface area (Å²) in [7, 11) is 1.57. The molecule has 2 aromatic heterocycles. The zero-order chi connectivity index (χ0) is 14.8. The fourth-order valence-corrected chi connectivity index (χ4v) is 2.54. The summed E-state index contributed by atoms with van der Waals surface area (Å²) in [6, 6.07) is 7.86. The van der Waals surface area contributed by atoms with E-state index in [2.05, 4.69) is 30.9 Å². The summed E-state index contributed by atoms with van der Waals surface area (Å²) in [5, 5.41) is 0. The highest BCUT2D eigenvalue weighted by Gasteiger charge is 2.15. The van der Waals surface area contributed by atoms with Gasteiger partial charge < -0.3 is 10.5 Å². The van der Waals surface area contributed by atoms with E-state index in [9.17, 15) is 0 Å². The lowest BCUT2D eigenvalue weighted by atomic mass is 10.3. The Hall–Kier alpha value is -1.99. The molecule has 0 amide bonds. The molecule has 1 aromatic carbocycles. The van der Waals surface area contributed by atoms with E-state index in [1.165, 1.54) is 0 Å². The highest BCUT2D eigenvalue weighted by molar-refractivity contribution is 9.10. The average molecular weight is 348 g/mol. The monoisotopic (exact) mass is 347 g/mol. The number of imidazole rings is 1. The molecular formula is C14H14BrN5O. The minimum atomic E-state index is 0.483. The molecule has 0 aliphatic heterocycles. The van der Waals surface area contributed by atoms with Crippen molar-refractivity contribution in [2.75, 3.05) is 13.7 Å². The van der Waals surface area contributed by atoms with Gasteiger partial charge >= 0.3 is 0 Å². The predicted octanol–water partition coefficient (Wildman–Crippen LogP) is 2.09. The Kier molecular flexibility index (Phi) is 3.85. The van der Waals surface area contributed by atoms with E-state index < -0.39 is 0 Å². The lowest BCUT2D eigenvalue weighted by Crippen LogP contribution is -2.11. The van der Waals surface area contributed by atoms with Crippen molar-refractivity contribution in [3.8, 4) is 11.8 Å². The van der Waals surface area contributed by atoms with Crippen LogP contribution in [0.15, 0.2) is 34.9 Å². The number of nitrogens with two attached hydrogens (primary N) is 1. The number of para-hydroxylation sites is 2. The number of ether oxygens (including phenoxy) is 1. The SMILES string of the molecule is COc1nc(-n2c(CCN)nc3ccccc32)ncc1Br. The molecule has 0 fully saturated rings. The molecule has 3 aromatic rings. The number of aromatic nitrogens is 4. The normalized spacial score (nSPS) is 11.0. The van der Waals surface area contributed by atoms with E-state index in [0.29, 0.717) is 29.3 Å². The van der Waals surface area contributed by atoms with Crippen LogP contribution in [0.5, 0.6) is 5.88 Å². The summed E-state index contributed by atoms with van der Waals surface area (Å²) in [5.74, 6) is 1.84. The van der Waals surface area contributed by atoms with E-state index in [4.69, 9.17) is 10.5 Å². The number of methoxy groups -OCH3 is 1. The number of benzene rings is 1. The number of hydrogen-bond donors (Lipinski definition) is 1. The predicted molar refractivity (Wildman–Crippen MR) is 83.7 cm³/mol. The van der Waals surface area contributed by atoms with Gasteiger partial charge in [0.25, 0.3) is 0 Å². The van der Waals surface area contributed by atoms with E-state index in [-0.39, 0.29) is 0 Å². The number of nitrogens with zero attached hydrogens (tertiary/aromatic N) is 4. The van der Waals surface area contributed by atoms with Crippen LogP contribution >= 0.6 is 15.9 Å². The average Bonchev–Trinajstić information content (AvgIpc) is 2.86. The van der Waals surface area contributed by atoms with Crippen LogP contribution in [0.3, 0.4) is 0 Å². The Morgan fingerprint density at radius 1 is 1.29 bits per heavy atom. The smallest absolute Gasteiger partial charge is 0.238 e. The Morgan fingerprint density at radius 3 is 2.86 bits per heavy atom. The zero-order valence-corrected chi connectivity index (χ0v) is 13.0. The molecule has 6 nitrogen and oxygen atoms in total. The summed E-state index contributed by atoms with van der Waals surface area (Å²) in [6.07, 6.45) is 2.32. The van der Waals surface area contributed by atoms with Gasteiger partial charge in [-0.3, -0.25) is 4.57 Å². The summed E-state index contributed by atoms with van der Waals surface area (Å²) >= 11 is 3.36. The van der Waals surface area contributed by atoms with E-state index >= 15 is 0 Å². The van der Waals surface area contributed by atoms with E-state index in [0.717, 1.165) is 16.9 Å². The van der Waals surface area contributed by atoms with Crippen molar-refractivity contribution in [3.05, 3.63) is 40.8 Å². The third kappa shape index (κ3) is 2.50. The topological polar surface area (TPSA) is 78.9 Å². The first-order valence-electron chi connectivity index (χ1n) is 6.48. The minimum absolute atomic E-state index is 0.483. The van der Waals surface area contributed by atoms with Crippen LogP contribution in [0.25, 0.3) is 17.0 Å². The number of fused-ring (bicyclic) bond motifs is 1. The first-order chi connectivity index (χ1) is 10.2. The van der Waals surface area contributed by atoms with Crippen LogP contribution in [-0.2, 0) is 6.42 Å². The van der Waals surface area contributed by atoms with Crippen molar-refractivity contribution in [1.82, 2.24) is 19.5 Å². The number of rotatable bonds is 4. The highest BCUT2D eigenvalue weighted by atomic mass is 79.9. The van der Waals surface area contributed by atoms with Crippen LogP contribution in [0.4, 0.5) is 0 Å². The minimum Gasteiger partial charge on any atom is -0.480 e. The molecule has 0 radical (unpaired) electrons. The Balaban J connectivity index is 2.24. The van der Waals surface area contributed by atoms with Crippen LogP contribution in [0.2, 0.25) is 0 Å². The van der Waals surface area contributed by atoms with Crippen molar-refractivity contribution < 1.29 is 4.74 Å². The quantitative estimate of drug-likeness (QED) is 0.781. The molecule has 7 heteroatoms. The van der Waals surface area contributed by atoms with Gasteiger partial charge in [0.05, 0.1) is 28.8 Å². The lowest BCUT2D eigenvalue weighted by molar-refractivity contribution is 0.393. The van der Waals surface area contributed by atoms with Crippen LogP contribution < -0.4 is 10.5 Å². The molecule has 0 saturated carbocycles. The van der Waals surface area contributed by atoms with Crippen LogP contribution in [0.1, 0.15) is 5.82 Å². The van der Waals surface area contributed by atoms with Crippen molar-refractivity contribution >= 4 is 27.0 Å². The molecule has 0 unspecified atom stereocenters. The van der Waals surface area contributed by atoms with Crippen molar-refractivity contribution in [3.63, 3.8) is 0 Å². The Bertz CT molecular complexity index is 786. The molecular weight excluding hydrogens is 334 g/mol. The van der Waals surface area contributed by atoms with Crippen LogP contribution in [-0.4, -0.2) is 33.2 Å². The largest absolute Gasteiger partial charge is 0.480 e. The summed E-state index contributed by atoms with van der Waals surface area (Å²) < 4.78 is 7.86. The molecule has 0 aliphatic rings. The van der Waals surface area contributed by atoms with Gasteiger partial charge in [-0.25, -0.2) is 9.97 Å². The van der Waals surface area contributed by atoms with Crippen molar-refractivity contribution in [2.24, 2.45) is 5.73 Å². The van der Waals surface area contributed by atoms with Crippen LogP contribution in [0, 0.1) is 0 Å². The molecule has 0 spiro atoms. The molecule has 0 aliphatic carbocycles. The van der Waals surface area contributed by atoms with E-state index in [1.807, 2.05) is 28.8 Å². The number of hydrogen-bond acceptors (Lipinski definition) is 5. The van der Waals surface area contributed by atoms with E-state index in [1.54, 1.807) is 13.3 Å². The second kappa shape index (κ2) is 5.79. The molecule has 0 saturated heterocycles. The third-order valence-electron chi connectivity index (χ3n) is 3.09. The standard InChI is InChI=1S/C14H14BrN5O/c1-21-13-9(15)8-17-14(19-13)20-11-5-3-2-4-10(11)18-12(20)6-7-16/h2-5,8H,6-7,16H2,1H3. The van der Waals surface area contributed by atoms with Gasteiger partial charge in [0.2, 0.25) is 11.8 Å². The summed E-state index contributed by atoms with van der Waals surface area (Å²) in [5.41, 5.74) is 7.53. The first-order valence-corrected chi connectivity index (χ1v) is 7.27. The van der Waals surface area contributed by atoms with Crippen molar-refractivity contribution in [1.29, 1.82) is 0 Å². The maximum atomic E-state index is 5.68. The lowest BCUT2D eigenvalue weighted by Gasteiger charge is -2.09. The Morgan fingerprint density at radius 2 is 2.10 bits per heavy atom. The van der Waals surface area contributed by atoms with Crippen molar-refractivity contribution in [2.45, 2.75) is 6.42 Å². The van der Waals surface area contributed by atoms with Gasteiger partial charge in [0, 0.05) is 6.42 Å². The third-order valence-corrected chi connectivity index (χ3v) is 3.63. The molecule has 2 heterocycles. The number of halogens is 1. The fraction of sp³-hybridized carbons (Fsp3) is 0.214. The van der Waals surface area contributed by atoms with Gasteiger partial charge in [0.15, 0.2) is 0 Å². The van der Waals surface area contributed by atoms with Gasteiger partial charge in [0.1, 0.15) is 5.82 Å². The summed E-state index contributed by atoms with van der Waals surface area (Å²) in [6.45, 7) is 0.511. The second-order valence-electron chi connectivity index (χ2n) is 4.42. The van der Waals surface area contributed by atoms with Gasteiger partial charge in [-0.15, -0.1) is 0 Å².